The van der Waals surface area contributed by atoms with Gasteiger partial charge in [-0.1, -0.05) is 13.0 Å². The summed E-state index contributed by atoms with van der Waals surface area (Å²) in [5.41, 5.74) is 1.98. The van der Waals surface area contributed by atoms with Crippen molar-refractivity contribution in [3.63, 3.8) is 0 Å². The summed E-state index contributed by atoms with van der Waals surface area (Å²) in [5, 5.41) is 6.07. The number of benzene rings is 1. The normalized spacial score (nSPS) is 11.6. The fourth-order valence-electron chi connectivity index (χ4n) is 2.34. The Balaban J connectivity index is 2.08. The lowest BCUT2D eigenvalue weighted by Crippen LogP contribution is -2.25. The number of ether oxygens (including phenoxy) is 2. The minimum Gasteiger partial charge on any atom is -0.493 e. The Morgan fingerprint density at radius 3 is 2.54 bits per heavy atom. The van der Waals surface area contributed by atoms with Gasteiger partial charge in [-0.15, -0.1) is 0 Å². The number of aryl methyl sites for hydroxylation is 1. The number of nitrogens with one attached hydrogen (secondary N) is 2. The molecule has 0 radical (unpaired) electrons. The van der Waals surface area contributed by atoms with Gasteiger partial charge in [-0.25, -0.2) is 9.97 Å². The lowest BCUT2D eigenvalue weighted by molar-refractivity contribution is 0.0945. The maximum atomic E-state index is 12.5. The predicted octanol–water partition coefficient (Wildman–Crippen LogP) is 2.94. The molecule has 0 spiro atoms. The average Bonchev–Trinajstić information content (AvgIpc) is 2.65. The number of methoxy groups -OCH3 is 2. The van der Waals surface area contributed by atoms with Gasteiger partial charge in [-0.3, -0.25) is 4.79 Å². The lowest BCUT2D eigenvalue weighted by Gasteiger charge is -2.13. The number of carbonyl (C=O) groups is 1. The van der Waals surface area contributed by atoms with Crippen LogP contribution in [0.1, 0.15) is 42.0 Å². The van der Waals surface area contributed by atoms with Crippen molar-refractivity contribution in [1.29, 1.82) is 0 Å². The van der Waals surface area contributed by atoms with E-state index in [1.54, 1.807) is 20.3 Å². The molecule has 1 aromatic heterocycles. The van der Waals surface area contributed by atoms with E-state index >= 15 is 0 Å². The zero-order valence-corrected chi connectivity index (χ0v) is 15.9. The number of carbonyl (C=O) groups excluding carboxylic acids is 1. The number of anilines is 1. The van der Waals surface area contributed by atoms with Crippen molar-refractivity contribution in [1.82, 2.24) is 15.3 Å². The van der Waals surface area contributed by atoms with Crippen LogP contribution in [0.15, 0.2) is 24.3 Å². The Bertz CT molecular complexity index is 764. The zero-order chi connectivity index (χ0) is 19.1. The van der Waals surface area contributed by atoms with Crippen molar-refractivity contribution < 1.29 is 14.3 Å². The summed E-state index contributed by atoms with van der Waals surface area (Å²) in [6, 6.07) is 7.43. The van der Waals surface area contributed by atoms with Gasteiger partial charge in [0.05, 0.1) is 14.2 Å². The molecule has 7 heteroatoms. The lowest BCUT2D eigenvalue weighted by atomic mass is 10.2. The fraction of sp³-hybridized carbons (Fsp3) is 0.421. The highest BCUT2D eigenvalue weighted by Gasteiger charge is 2.12. The topological polar surface area (TPSA) is 85.4 Å². The second-order valence-electron chi connectivity index (χ2n) is 6.04. The molecule has 140 valence electrons. The van der Waals surface area contributed by atoms with E-state index in [9.17, 15) is 4.79 Å². The van der Waals surface area contributed by atoms with E-state index in [2.05, 4.69) is 27.5 Å². The minimum atomic E-state index is -0.252. The number of rotatable bonds is 8. The van der Waals surface area contributed by atoms with E-state index in [0.29, 0.717) is 29.7 Å². The van der Waals surface area contributed by atoms with Crippen LogP contribution in [-0.4, -0.2) is 36.1 Å². The van der Waals surface area contributed by atoms with Crippen LogP contribution < -0.4 is 20.1 Å². The average molecular weight is 358 g/mol. The SMILES string of the molecule is CCC(C)Nc1nc(C)cc(C(=O)NCc2ccc(OC)c(OC)c2)n1. The molecule has 2 aromatic rings. The number of hydrogen-bond donors (Lipinski definition) is 2. The Morgan fingerprint density at radius 2 is 1.88 bits per heavy atom. The highest BCUT2D eigenvalue weighted by Crippen LogP contribution is 2.27. The molecule has 0 bridgehead atoms. The first kappa shape index (κ1) is 19.5. The van der Waals surface area contributed by atoms with Gasteiger partial charge in [0.1, 0.15) is 5.69 Å². The Kier molecular flexibility index (Phi) is 6.77. The highest BCUT2D eigenvalue weighted by atomic mass is 16.5. The standard InChI is InChI=1S/C19H26N4O3/c1-6-12(2)21-19-22-13(3)9-15(23-19)18(24)20-11-14-7-8-16(25-4)17(10-14)26-5/h7-10,12H,6,11H2,1-5H3,(H,20,24)(H,21,22,23). The van der Waals surface area contributed by atoms with Crippen LogP contribution in [-0.2, 0) is 6.54 Å². The van der Waals surface area contributed by atoms with Gasteiger partial charge in [0, 0.05) is 18.3 Å². The van der Waals surface area contributed by atoms with Crippen molar-refractivity contribution in [2.24, 2.45) is 0 Å². The summed E-state index contributed by atoms with van der Waals surface area (Å²) in [5.74, 6) is 1.49. The monoisotopic (exact) mass is 358 g/mol. The molecule has 0 aliphatic heterocycles. The number of hydrogen-bond acceptors (Lipinski definition) is 6. The molecule has 1 heterocycles. The molecule has 26 heavy (non-hydrogen) atoms. The van der Waals surface area contributed by atoms with E-state index in [4.69, 9.17) is 9.47 Å². The van der Waals surface area contributed by atoms with Gasteiger partial charge in [0.25, 0.3) is 5.91 Å². The largest absolute Gasteiger partial charge is 0.493 e. The van der Waals surface area contributed by atoms with Crippen LogP contribution in [0.4, 0.5) is 5.95 Å². The van der Waals surface area contributed by atoms with Crippen molar-refractivity contribution in [3.05, 3.63) is 41.2 Å². The molecule has 7 nitrogen and oxygen atoms in total. The van der Waals surface area contributed by atoms with E-state index < -0.39 is 0 Å². The minimum absolute atomic E-state index is 0.236. The van der Waals surface area contributed by atoms with Crippen molar-refractivity contribution in [2.45, 2.75) is 39.8 Å². The molecule has 1 aromatic carbocycles. The first-order valence-corrected chi connectivity index (χ1v) is 8.58. The highest BCUT2D eigenvalue weighted by molar-refractivity contribution is 5.92. The maximum Gasteiger partial charge on any atom is 0.270 e. The smallest absolute Gasteiger partial charge is 0.270 e. The molecule has 1 unspecified atom stereocenters. The van der Waals surface area contributed by atoms with Crippen molar-refractivity contribution in [2.75, 3.05) is 19.5 Å². The molecule has 0 saturated heterocycles. The maximum absolute atomic E-state index is 12.5. The van der Waals surface area contributed by atoms with Gasteiger partial charge in [0.15, 0.2) is 11.5 Å². The summed E-state index contributed by atoms with van der Waals surface area (Å²) < 4.78 is 10.5. The van der Waals surface area contributed by atoms with Crippen LogP contribution in [0.2, 0.25) is 0 Å². The first-order chi connectivity index (χ1) is 12.5. The third-order valence-corrected chi connectivity index (χ3v) is 3.98. The van der Waals surface area contributed by atoms with Gasteiger partial charge in [0.2, 0.25) is 5.95 Å². The Hall–Kier alpha value is -2.83. The second-order valence-corrected chi connectivity index (χ2v) is 6.04. The predicted molar refractivity (Wildman–Crippen MR) is 101 cm³/mol. The molecule has 0 saturated carbocycles. The summed E-state index contributed by atoms with van der Waals surface area (Å²) >= 11 is 0. The molecular weight excluding hydrogens is 332 g/mol. The van der Waals surface area contributed by atoms with E-state index in [0.717, 1.165) is 17.7 Å². The summed E-state index contributed by atoms with van der Waals surface area (Å²) in [4.78, 5) is 21.1. The summed E-state index contributed by atoms with van der Waals surface area (Å²) in [6.45, 7) is 6.32. The molecular formula is C19H26N4O3. The molecule has 2 N–H and O–H groups in total. The molecule has 2 rings (SSSR count). The fourth-order valence-corrected chi connectivity index (χ4v) is 2.34. The molecule has 1 amide bonds. The van der Waals surface area contributed by atoms with Crippen LogP contribution >= 0.6 is 0 Å². The van der Waals surface area contributed by atoms with Crippen LogP contribution in [0.5, 0.6) is 11.5 Å². The van der Waals surface area contributed by atoms with Crippen LogP contribution in [0.25, 0.3) is 0 Å². The molecule has 1 atom stereocenters. The van der Waals surface area contributed by atoms with Crippen molar-refractivity contribution >= 4 is 11.9 Å². The molecule has 0 aliphatic carbocycles. The van der Waals surface area contributed by atoms with Gasteiger partial charge in [-0.05, 0) is 44.0 Å². The summed E-state index contributed by atoms with van der Waals surface area (Å²) in [6.07, 6.45) is 0.943. The Labute approximate surface area is 154 Å². The zero-order valence-electron chi connectivity index (χ0n) is 15.9. The number of nitrogens with zero attached hydrogens (tertiary/aromatic N) is 2. The Morgan fingerprint density at radius 1 is 1.15 bits per heavy atom. The van der Waals surface area contributed by atoms with Crippen molar-refractivity contribution in [3.8, 4) is 11.5 Å². The van der Waals surface area contributed by atoms with Crippen LogP contribution in [0.3, 0.4) is 0 Å². The number of amides is 1. The van der Waals surface area contributed by atoms with Gasteiger partial charge < -0.3 is 20.1 Å². The van der Waals surface area contributed by atoms with E-state index in [1.807, 2.05) is 32.0 Å². The molecule has 0 fully saturated rings. The second kappa shape index (κ2) is 9.03. The van der Waals surface area contributed by atoms with E-state index in [-0.39, 0.29) is 11.9 Å². The summed E-state index contributed by atoms with van der Waals surface area (Å²) in [7, 11) is 3.16. The first-order valence-electron chi connectivity index (χ1n) is 8.58. The number of aromatic nitrogens is 2. The third kappa shape index (κ3) is 5.08. The molecule has 0 aliphatic rings. The van der Waals surface area contributed by atoms with Gasteiger partial charge >= 0.3 is 0 Å². The van der Waals surface area contributed by atoms with Crippen LogP contribution in [0, 0.1) is 6.92 Å². The quantitative estimate of drug-likeness (QED) is 0.755. The third-order valence-electron chi connectivity index (χ3n) is 3.98. The van der Waals surface area contributed by atoms with E-state index in [1.165, 1.54) is 0 Å². The van der Waals surface area contributed by atoms with Gasteiger partial charge in [-0.2, -0.15) is 0 Å².